The number of hydrazone groups is 1. The molecule has 24 heavy (non-hydrogen) atoms. The highest BCUT2D eigenvalue weighted by atomic mass is 19.4. The number of nitrogens with one attached hydrogen (secondary N) is 1. The van der Waals surface area contributed by atoms with Gasteiger partial charge >= 0.3 is 6.18 Å². The Bertz CT molecular complexity index is 821. The molecule has 7 heteroatoms. The van der Waals surface area contributed by atoms with Crippen LogP contribution in [0.1, 0.15) is 11.1 Å². The van der Waals surface area contributed by atoms with E-state index in [1.807, 2.05) is 30.3 Å². The number of benzene rings is 2. The van der Waals surface area contributed by atoms with Gasteiger partial charge in [-0.25, -0.2) is 4.68 Å². The van der Waals surface area contributed by atoms with Gasteiger partial charge in [-0.3, -0.25) is 5.43 Å². The summed E-state index contributed by atoms with van der Waals surface area (Å²) in [6.45, 7) is 0. The summed E-state index contributed by atoms with van der Waals surface area (Å²) in [7, 11) is 0. The zero-order valence-corrected chi connectivity index (χ0v) is 12.4. The van der Waals surface area contributed by atoms with Crippen molar-refractivity contribution in [1.82, 2.24) is 9.78 Å². The van der Waals surface area contributed by atoms with Gasteiger partial charge in [0.1, 0.15) is 0 Å². The van der Waals surface area contributed by atoms with Crippen LogP contribution in [0, 0.1) is 0 Å². The van der Waals surface area contributed by atoms with Gasteiger partial charge in [-0.05, 0) is 29.8 Å². The zero-order chi connectivity index (χ0) is 17.0. The van der Waals surface area contributed by atoms with Crippen LogP contribution in [-0.4, -0.2) is 16.0 Å². The number of anilines is 1. The maximum atomic E-state index is 12.6. The van der Waals surface area contributed by atoms with Crippen LogP contribution >= 0.6 is 0 Å². The molecule has 0 unspecified atom stereocenters. The van der Waals surface area contributed by atoms with Crippen molar-refractivity contribution < 1.29 is 13.2 Å². The van der Waals surface area contributed by atoms with Gasteiger partial charge in [-0.1, -0.05) is 30.3 Å². The lowest BCUT2D eigenvalue weighted by Crippen LogP contribution is -2.03. The van der Waals surface area contributed by atoms with Crippen LogP contribution in [0.15, 0.2) is 72.1 Å². The molecular formula is C17H13F3N4. The van der Waals surface area contributed by atoms with Gasteiger partial charge in [0.05, 0.1) is 29.3 Å². The largest absolute Gasteiger partial charge is 0.419 e. The van der Waals surface area contributed by atoms with Crippen molar-refractivity contribution in [3.63, 3.8) is 0 Å². The topological polar surface area (TPSA) is 42.2 Å². The molecule has 0 radical (unpaired) electrons. The molecule has 0 aliphatic heterocycles. The molecule has 0 fully saturated rings. The number of nitrogens with zero attached hydrogens (tertiary/aromatic N) is 3. The van der Waals surface area contributed by atoms with Crippen molar-refractivity contribution in [1.29, 1.82) is 0 Å². The van der Waals surface area contributed by atoms with E-state index in [4.69, 9.17) is 0 Å². The highest BCUT2D eigenvalue weighted by Crippen LogP contribution is 2.29. The first-order valence-corrected chi connectivity index (χ1v) is 7.09. The van der Waals surface area contributed by atoms with Gasteiger partial charge in [0, 0.05) is 6.20 Å². The second-order valence-corrected chi connectivity index (χ2v) is 5.00. The number of rotatable bonds is 4. The maximum absolute atomic E-state index is 12.6. The van der Waals surface area contributed by atoms with Crippen LogP contribution in [0.2, 0.25) is 0 Å². The zero-order valence-electron chi connectivity index (χ0n) is 12.4. The smallest absolute Gasteiger partial charge is 0.279 e. The van der Waals surface area contributed by atoms with Crippen LogP contribution in [0.5, 0.6) is 0 Å². The highest BCUT2D eigenvalue weighted by molar-refractivity contribution is 5.80. The maximum Gasteiger partial charge on any atom is 0.419 e. The molecular weight excluding hydrogens is 317 g/mol. The predicted octanol–water partition coefficient (Wildman–Crippen LogP) is 4.34. The van der Waals surface area contributed by atoms with E-state index >= 15 is 0 Å². The molecule has 122 valence electrons. The summed E-state index contributed by atoms with van der Waals surface area (Å²) in [5.74, 6) is 0. The summed E-state index contributed by atoms with van der Waals surface area (Å²) in [6, 6.07) is 16.3. The van der Waals surface area contributed by atoms with Gasteiger partial charge in [-0.2, -0.15) is 23.4 Å². The standard InChI is InChI=1S/C17H13F3N4/c18-17(19,20)14-11-22-24(12-14)16-8-6-13(7-9-16)10-21-23-15-4-2-1-3-5-15/h1-12,23H. The second-order valence-electron chi connectivity index (χ2n) is 5.00. The van der Waals surface area contributed by atoms with Crippen LogP contribution in [0.3, 0.4) is 0 Å². The normalized spacial score (nSPS) is 11.8. The molecule has 1 N–H and O–H groups in total. The van der Waals surface area contributed by atoms with Crippen molar-refractivity contribution in [2.45, 2.75) is 6.18 Å². The quantitative estimate of drug-likeness (QED) is 0.571. The summed E-state index contributed by atoms with van der Waals surface area (Å²) in [4.78, 5) is 0. The minimum Gasteiger partial charge on any atom is -0.279 e. The fraction of sp³-hybridized carbons (Fsp3) is 0.0588. The molecule has 0 saturated carbocycles. The molecule has 3 rings (SSSR count). The van der Waals surface area contributed by atoms with E-state index in [0.29, 0.717) is 5.69 Å². The lowest BCUT2D eigenvalue weighted by Gasteiger charge is -2.03. The Morgan fingerprint density at radius 2 is 1.71 bits per heavy atom. The summed E-state index contributed by atoms with van der Waals surface area (Å²) in [5.41, 5.74) is 4.32. The van der Waals surface area contributed by atoms with Crippen LogP contribution in [-0.2, 0) is 6.18 Å². The van der Waals surface area contributed by atoms with Crippen LogP contribution < -0.4 is 5.43 Å². The third kappa shape index (κ3) is 3.81. The molecule has 1 heterocycles. The van der Waals surface area contributed by atoms with Gasteiger partial charge in [0.2, 0.25) is 0 Å². The van der Waals surface area contributed by atoms with Crippen molar-refractivity contribution in [3.8, 4) is 5.69 Å². The molecule has 0 amide bonds. The van der Waals surface area contributed by atoms with E-state index in [1.165, 1.54) is 4.68 Å². The molecule has 1 aromatic heterocycles. The summed E-state index contributed by atoms with van der Waals surface area (Å²) >= 11 is 0. The van der Waals surface area contributed by atoms with Crippen LogP contribution in [0.4, 0.5) is 18.9 Å². The fourth-order valence-electron chi connectivity index (χ4n) is 2.02. The Labute approximate surface area is 136 Å². The minimum absolute atomic E-state index is 0.540. The van der Waals surface area contributed by atoms with Gasteiger partial charge in [-0.15, -0.1) is 0 Å². The number of hydrogen-bond acceptors (Lipinski definition) is 3. The van der Waals surface area contributed by atoms with E-state index in [0.717, 1.165) is 23.6 Å². The number of para-hydroxylation sites is 1. The first-order chi connectivity index (χ1) is 11.5. The summed E-state index contributed by atoms with van der Waals surface area (Å²) < 4.78 is 38.9. The summed E-state index contributed by atoms with van der Waals surface area (Å²) in [5, 5.41) is 7.84. The molecule has 3 aromatic rings. The Kier molecular flexibility index (Phi) is 4.33. The van der Waals surface area contributed by atoms with Crippen molar-refractivity contribution in [2.24, 2.45) is 5.10 Å². The Balaban J connectivity index is 1.68. The molecule has 0 saturated heterocycles. The number of halogens is 3. The third-order valence-electron chi connectivity index (χ3n) is 3.25. The SMILES string of the molecule is FC(F)(F)c1cnn(-c2ccc(C=NNc3ccccc3)cc2)c1. The van der Waals surface area contributed by atoms with E-state index in [-0.39, 0.29) is 0 Å². The second kappa shape index (κ2) is 6.57. The van der Waals surface area contributed by atoms with E-state index in [9.17, 15) is 13.2 Å². The lowest BCUT2D eigenvalue weighted by atomic mass is 10.2. The minimum atomic E-state index is -4.39. The highest BCUT2D eigenvalue weighted by Gasteiger charge is 2.32. The van der Waals surface area contributed by atoms with Crippen LogP contribution in [0.25, 0.3) is 5.69 Å². The lowest BCUT2D eigenvalue weighted by molar-refractivity contribution is -0.137. The Morgan fingerprint density at radius 1 is 1.00 bits per heavy atom. The molecule has 0 spiro atoms. The summed E-state index contributed by atoms with van der Waals surface area (Å²) in [6.07, 6.45) is -1.01. The van der Waals surface area contributed by atoms with Gasteiger partial charge < -0.3 is 0 Å². The monoisotopic (exact) mass is 330 g/mol. The van der Waals surface area contributed by atoms with Crippen molar-refractivity contribution in [2.75, 3.05) is 5.43 Å². The van der Waals surface area contributed by atoms with Gasteiger partial charge in [0.15, 0.2) is 0 Å². The van der Waals surface area contributed by atoms with Gasteiger partial charge in [0.25, 0.3) is 0 Å². The average molecular weight is 330 g/mol. The molecule has 0 atom stereocenters. The predicted molar refractivity (Wildman–Crippen MR) is 86.2 cm³/mol. The number of hydrogen-bond donors (Lipinski definition) is 1. The molecule has 0 aliphatic carbocycles. The van der Waals surface area contributed by atoms with Crippen molar-refractivity contribution in [3.05, 3.63) is 78.1 Å². The van der Waals surface area contributed by atoms with E-state index in [1.54, 1.807) is 30.5 Å². The van der Waals surface area contributed by atoms with Crippen molar-refractivity contribution >= 4 is 11.9 Å². The first kappa shape index (κ1) is 15.8. The average Bonchev–Trinajstić information content (AvgIpc) is 3.07. The third-order valence-corrected chi connectivity index (χ3v) is 3.25. The fourth-order valence-corrected chi connectivity index (χ4v) is 2.02. The molecule has 4 nitrogen and oxygen atoms in total. The Morgan fingerprint density at radius 3 is 2.33 bits per heavy atom. The Hall–Kier alpha value is -3.09. The number of aromatic nitrogens is 2. The first-order valence-electron chi connectivity index (χ1n) is 7.09. The van der Waals surface area contributed by atoms with E-state index in [2.05, 4.69) is 15.6 Å². The molecule has 0 bridgehead atoms. The number of alkyl halides is 3. The molecule has 2 aromatic carbocycles. The molecule has 0 aliphatic rings. The van der Waals surface area contributed by atoms with E-state index < -0.39 is 11.7 Å².